The van der Waals surface area contributed by atoms with E-state index < -0.39 is 0 Å². The van der Waals surface area contributed by atoms with Crippen LogP contribution in [0.4, 0.5) is 0 Å². The molecule has 0 spiro atoms. The third-order valence-electron chi connectivity index (χ3n) is 1.88. The Morgan fingerprint density at radius 1 is 1.58 bits per heavy atom. The molecule has 0 aliphatic heterocycles. The summed E-state index contributed by atoms with van der Waals surface area (Å²) in [6.07, 6.45) is 1.56. The maximum absolute atomic E-state index is 11.3. The number of nitrogens with zero attached hydrogens (tertiary/aromatic N) is 1. The first-order chi connectivity index (χ1) is 5.61. The van der Waals surface area contributed by atoms with Crippen LogP contribution in [0.25, 0.3) is 0 Å². The summed E-state index contributed by atoms with van der Waals surface area (Å²) in [6, 6.07) is 0. The summed E-state index contributed by atoms with van der Waals surface area (Å²) >= 11 is 0. The Bertz CT molecular complexity index is 136. The van der Waals surface area contributed by atoms with Gasteiger partial charge in [0.2, 0.25) is 5.91 Å². The molecule has 3 heteroatoms. The first kappa shape index (κ1) is 11.4. The van der Waals surface area contributed by atoms with Crippen molar-refractivity contribution in [3.8, 4) is 0 Å². The van der Waals surface area contributed by atoms with Crippen LogP contribution in [0, 0.1) is 5.92 Å². The van der Waals surface area contributed by atoms with Gasteiger partial charge in [-0.15, -0.1) is 0 Å². The fraction of sp³-hybridized carbons (Fsp3) is 0.889. The van der Waals surface area contributed by atoms with E-state index in [2.05, 4.69) is 6.92 Å². The van der Waals surface area contributed by atoms with Crippen molar-refractivity contribution in [3.63, 3.8) is 0 Å². The Hall–Kier alpha value is -0.570. The van der Waals surface area contributed by atoms with E-state index in [0.717, 1.165) is 13.0 Å². The minimum atomic E-state index is 0.220. The third kappa shape index (κ3) is 4.34. The highest BCUT2D eigenvalue weighted by Gasteiger charge is 2.09. The van der Waals surface area contributed by atoms with Crippen LogP contribution in [-0.2, 0) is 4.79 Å². The van der Waals surface area contributed by atoms with Gasteiger partial charge in [-0.1, -0.05) is 13.8 Å². The molecule has 0 fully saturated rings. The zero-order chi connectivity index (χ0) is 9.56. The second-order valence-electron chi connectivity index (χ2n) is 3.37. The molecule has 3 nitrogen and oxygen atoms in total. The van der Waals surface area contributed by atoms with Gasteiger partial charge in [-0.25, -0.2) is 0 Å². The topological polar surface area (TPSA) is 46.3 Å². The summed E-state index contributed by atoms with van der Waals surface area (Å²) in [6.45, 7) is 5.48. The molecule has 1 amide bonds. The standard InChI is InChI=1S/C9H20N2O/c1-4-5-9(12)11(3)7-8(2)6-10/h8H,4-7,10H2,1-3H3. The quantitative estimate of drug-likeness (QED) is 0.668. The Labute approximate surface area is 74.9 Å². The Morgan fingerprint density at radius 3 is 2.58 bits per heavy atom. The van der Waals surface area contributed by atoms with Crippen molar-refractivity contribution in [1.29, 1.82) is 0 Å². The highest BCUT2D eigenvalue weighted by atomic mass is 16.2. The van der Waals surface area contributed by atoms with Gasteiger partial charge in [0.05, 0.1) is 0 Å². The molecule has 0 bridgehead atoms. The van der Waals surface area contributed by atoms with Gasteiger partial charge in [-0.05, 0) is 18.9 Å². The molecule has 1 unspecified atom stereocenters. The predicted octanol–water partition coefficient (Wildman–Crippen LogP) is 0.840. The molecule has 0 radical (unpaired) electrons. The smallest absolute Gasteiger partial charge is 0.222 e. The molecular formula is C9H20N2O. The molecule has 0 aliphatic carbocycles. The molecule has 0 aliphatic rings. The van der Waals surface area contributed by atoms with Crippen LogP contribution in [0.2, 0.25) is 0 Å². The lowest BCUT2D eigenvalue weighted by Gasteiger charge is -2.20. The van der Waals surface area contributed by atoms with Gasteiger partial charge in [0.1, 0.15) is 0 Å². The van der Waals surface area contributed by atoms with E-state index in [1.54, 1.807) is 4.90 Å². The van der Waals surface area contributed by atoms with Gasteiger partial charge >= 0.3 is 0 Å². The van der Waals surface area contributed by atoms with Crippen molar-refractivity contribution < 1.29 is 4.79 Å². The van der Waals surface area contributed by atoms with Gasteiger partial charge in [0.25, 0.3) is 0 Å². The van der Waals surface area contributed by atoms with Gasteiger partial charge in [0, 0.05) is 20.0 Å². The van der Waals surface area contributed by atoms with E-state index >= 15 is 0 Å². The van der Waals surface area contributed by atoms with Gasteiger partial charge in [0.15, 0.2) is 0 Å². The van der Waals surface area contributed by atoms with Gasteiger partial charge in [-0.2, -0.15) is 0 Å². The summed E-state index contributed by atoms with van der Waals surface area (Å²) in [7, 11) is 1.84. The minimum Gasteiger partial charge on any atom is -0.345 e. The lowest BCUT2D eigenvalue weighted by atomic mass is 10.1. The van der Waals surface area contributed by atoms with Crippen LogP contribution in [0.5, 0.6) is 0 Å². The largest absolute Gasteiger partial charge is 0.345 e. The van der Waals surface area contributed by atoms with E-state index in [-0.39, 0.29) is 5.91 Å². The fourth-order valence-corrected chi connectivity index (χ4v) is 1.05. The molecule has 1 atom stereocenters. The van der Waals surface area contributed by atoms with Crippen LogP contribution in [0.15, 0.2) is 0 Å². The summed E-state index contributed by atoms with van der Waals surface area (Å²) in [5.41, 5.74) is 5.46. The summed E-state index contributed by atoms with van der Waals surface area (Å²) in [5, 5.41) is 0. The molecule has 0 saturated carbocycles. The molecule has 0 rings (SSSR count). The maximum atomic E-state index is 11.3. The monoisotopic (exact) mass is 172 g/mol. The van der Waals surface area contributed by atoms with Crippen molar-refractivity contribution in [2.75, 3.05) is 20.1 Å². The van der Waals surface area contributed by atoms with Gasteiger partial charge in [-0.3, -0.25) is 4.79 Å². The Balaban J connectivity index is 3.70. The van der Waals surface area contributed by atoms with Crippen LogP contribution < -0.4 is 5.73 Å². The molecule has 12 heavy (non-hydrogen) atoms. The Kier molecular flexibility index (Phi) is 5.72. The van der Waals surface area contributed by atoms with Crippen molar-refractivity contribution in [3.05, 3.63) is 0 Å². The third-order valence-corrected chi connectivity index (χ3v) is 1.88. The first-order valence-corrected chi connectivity index (χ1v) is 4.55. The average Bonchev–Trinajstić information content (AvgIpc) is 2.04. The lowest BCUT2D eigenvalue weighted by Crippen LogP contribution is -2.33. The first-order valence-electron chi connectivity index (χ1n) is 4.55. The molecule has 0 aromatic heterocycles. The van der Waals surface area contributed by atoms with Crippen molar-refractivity contribution in [2.24, 2.45) is 11.7 Å². The van der Waals surface area contributed by atoms with Crippen LogP contribution in [0.3, 0.4) is 0 Å². The number of amides is 1. The van der Waals surface area contributed by atoms with Crippen molar-refractivity contribution in [2.45, 2.75) is 26.7 Å². The zero-order valence-corrected chi connectivity index (χ0v) is 8.34. The average molecular weight is 172 g/mol. The molecule has 0 aromatic carbocycles. The zero-order valence-electron chi connectivity index (χ0n) is 8.34. The number of carbonyl (C=O) groups is 1. The van der Waals surface area contributed by atoms with E-state index in [1.165, 1.54) is 0 Å². The van der Waals surface area contributed by atoms with E-state index in [4.69, 9.17) is 5.73 Å². The van der Waals surface area contributed by atoms with Crippen LogP contribution in [0.1, 0.15) is 26.7 Å². The van der Waals surface area contributed by atoms with Crippen LogP contribution >= 0.6 is 0 Å². The van der Waals surface area contributed by atoms with Gasteiger partial charge < -0.3 is 10.6 Å². The molecule has 2 N–H and O–H groups in total. The molecular weight excluding hydrogens is 152 g/mol. The number of nitrogens with two attached hydrogens (primary N) is 1. The number of rotatable bonds is 5. The second kappa shape index (κ2) is 6.00. The highest BCUT2D eigenvalue weighted by molar-refractivity contribution is 5.75. The maximum Gasteiger partial charge on any atom is 0.222 e. The lowest BCUT2D eigenvalue weighted by molar-refractivity contribution is -0.130. The number of carbonyl (C=O) groups excluding carboxylic acids is 1. The molecule has 72 valence electrons. The summed E-state index contributed by atoms with van der Waals surface area (Å²) < 4.78 is 0. The van der Waals surface area contributed by atoms with E-state index in [0.29, 0.717) is 18.9 Å². The normalized spacial score (nSPS) is 12.7. The number of hydrogen-bond donors (Lipinski definition) is 1. The van der Waals surface area contributed by atoms with Crippen molar-refractivity contribution >= 4 is 5.91 Å². The van der Waals surface area contributed by atoms with E-state index in [9.17, 15) is 4.79 Å². The SMILES string of the molecule is CCCC(=O)N(C)CC(C)CN. The predicted molar refractivity (Wildman–Crippen MR) is 50.8 cm³/mol. The number of hydrogen-bond acceptors (Lipinski definition) is 2. The summed E-state index contributed by atoms with van der Waals surface area (Å²) in [5.74, 6) is 0.619. The van der Waals surface area contributed by atoms with Crippen molar-refractivity contribution in [1.82, 2.24) is 4.90 Å². The Morgan fingerprint density at radius 2 is 2.17 bits per heavy atom. The highest BCUT2D eigenvalue weighted by Crippen LogP contribution is 1.99. The second-order valence-corrected chi connectivity index (χ2v) is 3.37. The molecule has 0 aromatic rings. The molecule has 0 heterocycles. The minimum absolute atomic E-state index is 0.220. The van der Waals surface area contributed by atoms with E-state index in [1.807, 2.05) is 14.0 Å². The summed E-state index contributed by atoms with van der Waals surface area (Å²) in [4.78, 5) is 13.0. The fourth-order valence-electron chi connectivity index (χ4n) is 1.05. The molecule has 0 saturated heterocycles. The van der Waals surface area contributed by atoms with Crippen LogP contribution in [-0.4, -0.2) is 30.9 Å².